The lowest BCUT2D eigenvalue weighted by Gasteiger charge is -2.19. The van der Waals surface area contributed by atoms with Crippen molar-refractivity contribution in [3.63, 3.8) is 0 Å². The van der Waals surface area contributed by atoms with E-state index in [1.807, 2.05) is 45.0 Å². The molecule has 0 bridgehead atoms. The maximum Gasteiger partial charge on any atom is 0.247 e. The van der Waals surface area contributed by atoms with Gasteiger partial charge < -0.3 is 11.1 Å². The van der Waals surface area contributed by atoms with Crippen LogP contribution in [0, 0.1) is 6.92 Å². The van der Waals surface area contributed by atoms with E-state index in [2.05, 4.69) is 15.5 Å². The molecule has 3 N–H and O–H groups in total. The van der Waals surface area contributed by atoms with Crippen LogP contribution in [0.15, 0.2) is 29.4 Å². The Balaban J connectivity index is 2.22. The Morgan fingerprint density at radius 1 is 1.32 bits per heavy atom. The van der Waals surface area contributed by atoms with Crippen molar-refractivity contribution in [1.82, 2.24) is 14.8 Å². The fourth-order valence-corrected chi connectivity index (χ4v) is 2.87. The van der Waals surface area contributed by atoms with Gasteiger partial charge in [0.2, 0.25) is 11.9 Å². The predicted molar refractivity (Wildman–Crippen MR) is 90.0 cm³/mol. The molecule has 0 spiro atoms. The van der Waals surface area contributed by atoms with E-state index in [1.165, 1.54) is 11.8 Å². The second-order valence-corrected chi connectivity index (χ2v) is 6.15. The van der Waals surface area contributed by atoms with Crippen LogP contribution in [0.3, 0.4) is 0 Å². The number of amides is 1. The molecule has 1 aromatic carbocycles. The highest BCUT2D eigenvalue weighted by atomic mass is 32.2. The molecular formula is C15H21N5OS. The Labute approximate surface area is 134 Å². The van der Waals surface area contributed by atoms with E-state index in [9.17, 15) is 4.79 Å². The summed E-state index contributed by atoms with van der Waals surface area (Å²) in [5.41, 5.74) is 7.81. The molecule has 0 aliphatic heterocycles. The Bertz CT molecular complexity index is 638. The van der Waals surface area contributed by atoms with Gasteiger partial charge in [-0.2, -0.15) is 0 Å². The number of nitrogens with zero attached hydrogens (tertiary/aromatic N) is 3. The lowest BCUT2D eigenvalue weighted by Crippen LogP contribution is -2.27. The predicted octanol–water partition coefficient (Wildman–Crippen LogP) is 2.87. The summed E-state index contributed by atoms with van der Waals surface area (Å²) < 4.78 is 1.71. The minimum absolute atomic E-state index is 0.115. The molecule has 2 aromatic rings. The lowest BCUT2D eigenvalue weighted by molar-refractivity contribution is -0.119. The average molecular weight is 319 g/mol. The summed E-state index contributed by atoms with van der Waals surface area (Å²) in [5, 5.41) is 11.5. The molecule has 118 valence electrons. The second kappa shape index (κ2) is 7.31. The van der Waals surface area contributed by atoms with Gasteiger partial charge >= 0.3 is 0 Å². The third-order valence-electron chi connectivity index (χ3n) is 3.28. The maximum atomic E-state index is 12.6. The van der Waals surface area contributed by atoms with E-state index in [4.69, 9.17) is 5.73 Å². The third-order valence-corrected chi connectivity index (χ3v) is 4.11. The summed E-state index contributed by atoms with van der Waals surface area (Å²) in [6.45, 7) is 5.97. The average Bonchev–Trinajstić information content (AvgIpc) is 2.85. The van der Waals surface area contributed by atoms with Gasteiger partial charge in [-0.05, 0) is 31.2 Å². The van der Waals surface area contributed by atoms with Gasteiger partial charge in [0.25, 0.3) is 0 Å². The molecule has 1 heterocycles. The number of hydrogen-bond donors (Lipinski definition) is 2. The molecule has 1 aromatic heterocycles. The van der Waals surface area contributed by atoms with Gasteiger partial charge in [-0.15, -0.1) is 10.2 Å². The van der Waals surface area contributed by atoms with E-state index in [1.54, 1.807) is 4.57 Å². The molecule has 0 fully saturated rings. The highest BCUT2D eigenvalue weighted by Crippen LogP contribution is 2.25. The zero-order valence-electron chi connectivity index (χ0n) is 13.0. The highest BCUT2D eigenvalue weighted by molar-refractivity contribution is 7.99. The van der Waals surface area contributed by atoms with Crippen LogP contribution < -0.4 is 11.1 Å². The first kappa shape index (κ1) is 16.4. The number of benzene rings is 1. The van der Waals surface area contributed by atoms with E-state index >= 15 is 0 Å². The normalized spacial score (nSPS) is 12.1. The van der Waals surface area contributed by atoms with Gasteiger partial charge in [-0.3, -0.25) is 9.36 Å². The quantitative estimate of drug-likeness (QED) is 0.800. The van der Waals surface area contributed by atoms with E-state index in [-0.39, 0.29) is 11.9 Å². The largest absolute Gasteiger partial charge is 0.368 e. The van der Waals surface area contributed by atoms with Crippen molar-refractivity contribution < 1.29 is 4.79 Å². The van der Waals surface area contributed by atoms with Crippen molar-refractivity contribution >= 4 is 29.3 Å². The number of nitrogens with one attached hydrogen (secondary N) is 1. The number of carbonyl (C=O) groups excluding carboxylic acids is 1. The van der Waals surface area contributed by atoms with Gasteiger partial charge in [0, 0.05) is 5.69 Å². The van der Waals surface area contributed by atoms with Crippen molar-refractivity contribution in [1.29, 1.82) is 0 Å². The summed E-state index contributed by atoms with van der Waals surface area (Å²) >= 11 is 1.52. The van der Waals surface area contributed by atoms with Crippen LogP contribution in [-0.2, 0) is 4.79 Å². The first-order valence-electron chi connectivity index (χ1n) is 7.27. The van der Waals surface area contributed by atoms with Gasteiger partial charge in [-0.25, -0.2) is 0 Å². The number of thioether (sulfide) groups is 1. The minimum atomic E-state index is -0.426. The zero-order chi connectivity index (χ0) is 16.1. The van der Waals surface area contributed by atoms with Crippen molar-refractivity contribution in [2.75, 3.05) is 16.8 Å². The van der Waals surface area contributed by atoms with Crippen LogP contribution in [0.4, 0.5) is 11.6 Å². The Kier molecular flexibility index (Phi) is 5.43. The van der Waals surface area contributed by atoms with Gasteiger partial charge in [0.1, 0.15) is 6.04 Å². The van der Waals surface area contributed by atoms with Crippen molar-refractivity contribution in [3.05, 3.63) is 29.8 Å². The highest BCUT2D eigenvalue weighted by Gasteiger charge is 2.24. The van der Waals surface area contributed by atoms with Gasteiger partial charge in [0.05, 0.1) is 0 Å². The minimum Gasteiger partial charge on any atom is -0.368 e. The molecule has 0 aliphatic rings. The summed E-state index contributed by atoms with van der Waals surface area (Å²) in [6.07, 6.45) is 0.608. The molecule has 6 nitrogen and oxygen atoms in total. The molecule has 2 rings (SSSR count). The Morgan fingerprint density at radius 2 is 2.00 bits per heavy atom. The summed E-state index contributed by atoms with van der Waals surface area (Å²) in [7, 11) is 0. The van der Waals surface area contributed by atoms with E-state index < -0.39 is 6.04 Å². The smallest absolute Gasteiger partial charge is 0.247 e. The molecule has 0 radical (unpaired) electrons. The number of nitrogens with two attached hydrogens (primary N) is 1. The van der Waals surface area contributed by atoms with Gasteiger partial charge in [-0.1, -0.05) is 43.3 Å². The molecule has 0 saturated heterocycles. The molecular weight excluding hydrogens is 298 g/mol. The number of aromatic nitrogens is 3. The van der Waals surface area contributed by atoms with Crippen LogP contribution in [0.25, 0.3) is 0 Å². The van der Waals surface area contributed by atoms with Gasteiger partial charge in [0.15, 0.2) is 5.16 Å². The van der Waals surface area contributed by atoms with Crippen molar-refractivity contribution in [2.24, 2.45) is 0 Å². The zero-order valence-corrected chi connectivity index (χ0v) is 13.9. The summed E-state index contributed by atoms with van der Waals surface area (Å²) in [4.78, 5) is 12.6. The molecule has 1 atom stereocenters. The number of nitrogen functional groups attached to an aromatic ring is 1. The molecule has 0 saturated carbocycles. The topological polar surface area (TPSA) is 85.8 Å². The monoisotopic (exact) mass is 319 g/mol. The fourth-order valence-electron chi connectivity index (χ4n) is 2.16. The molecule has 0 aliphatic carbocycles. The lowest BCUT2D eigenvalue weighted by atomic mass is 10.2. The number of rotatable bonds is 6. The second-order valence-electron chi connectivity index (χ2n) is 4.92. The summed E-state index contributed by atoms with van der Waals surface area (Å²) in [6, 6.07) is 7.27. The van der Waals surface area contributed by atoms with E-state index in [0.29, 0.717) is 11.6 Å². The van der Waals surface area contributed by atoms with Crippen LogP contribution in [0.1, 0.15) is 31.9 Å². The number of hydrogen-bond acceptors (Lipinski definition) is 5. The van der Waals surface area contributed by atoms with E-state index in [0.717, 1.165) is 17.0 Å². The van der Waals surface area contributed by atoms with Crippen LogP contribution in [-0.4, -0.2) is 26.4 Å². The maximum absolute atomic E-state index is 12.6. The molecule has 22 heavy (non-hydrogen) atoms. The van der Waals surface area contributed by atoms with Crippen LogP contribution in [0.2, 0.25) is 0 Å². The standard InChI is InChI=1S/C15H21N5OS/c1-4-12(20-14(16)18-19-15(20)22-5-2)13(21)17-11-8-6-10(3)7-9-11/h6-9,12H,4-5H2,1-3H3,(H2,16,18)(H,17,21)/t12-/m1/s1. The number of aryl methyl sites for hydroxylation is 1. The number of anilines is 2. The molecule has 1 amide bonds. The molecule has 0 unspecified atom stereocenters. The SMILES string of the molecule is CCSc1nnc(N)n1[C@H](CC)C(=O)Nc1ccc(C)cc1. The Morgan fingerprint density at radius 3 is 2.59 bits per heavy atom. The summed E-state index contributed by atoms with van der Waals surface area (Å²) in [5.74, 6) is 0.992. The Hall–Kier alpha value is -2.02. The van der Waals surface area contributed by atoms with Crippen LogP contribution in [0.5, 0.6) is 0 Å². The molecule has 7 heteroatoms. The van der Waals surface area contributed by atoms with Crippen molar-refractivity contribution in [3.8, 4) is 0 Å². The third kappa shape index (κ3) is 3.59. The van der Waals surface area contributed by atoms with Crippen LogP contribution >= 0.6 is 11.8 Å². The fraction of sp³-hybridized carbons (Fsp3) is 0.400. The first-order chi connectivity index (χ1) is 10.6. The first-order valence-corrected chi connectivity index (χ1v) is 8.26. The van der Waals surface area contributed by atoms with Crippen molar-refractivity contribution in [2.45, 2.75) is 38.4 Å². The number of carbonyl (C=O) groups is 1.